The summed E-state index contributed by atoms with van der Waals surface area (Å²) in [5, 5.41) is 6.68. The summed E-state index contributed by atoms with van der Waals surface area (Å²) in [4.78, 5) is 6.37. The molecule has 0 aliphatic rings. The Bertz CT molecular complexity index is 689. The van der Waals surface area contributed by atoms with Crippen LogP contribution in [0.3, 0.4) is 0 Å². The third kappa shape index (κ3) is 8.48. The van der Waals surface area contributed by atoms with E-state index in [1.54, 1.807) is 7.05 Å². The Hall–Kier alpha value is -1.80. The number of anilines is 1. The molecular weight excluding hydrogens is 463 g/mol. The molecule has 1 unspecified atom stereocenters. The quantitative estimate of drug-likeness (QED) is 0.237. The maximum atomic E-state index is 5.90. The van der Waals surface area contributed by atoms with Crippen LogP contribution in [0.25, 0.3) is 0 Å². The van der Waals surface area contributed by atoms with E-state index < -0.39 is 0 Å². The molecule has 1 atom stereocenters. The van der Waals surface area contributed by atoms with Crippen LogP contribution in [0.4, 0.5) is 5.69 Å². The zero-order valence-corrected chi connectivity index (χ0v) is 19.6. The van der Waals surface area contributed by atoms with Crippen molar-refractivity contribution in [3.8, 4) is 0 Å². The second-order valence-corrected chi connectivity index (χ2v) is 6.69. The maximum Gasteiger partial charge on any atom is 0.191 e. The average molecular weight is 496 g/mol. The van der Waals surface area contributed by atoms with Gasteiger partial charge in [0.05, 0.1) is 6.10 Å². The van der Waals surface area contributed by atoms with Crippen LogP contribution in [0.1, 0.15) is 30.6 Å². The first kappa shape index (κ1) is 24.2. The molecule has 0 heterocycles. The first-order chi connectivity index (χ1) is 13.1. The molecule has 0 radical (unpaired) electrons. The van der Waals surface area contributed by atoms with Crippen LogP contribution in [0, 0.1) is 0 Å². The van der Waals surface area contributed by atoms with Crippen LogP contribution in [-0.2, 0) is 11.3 Å². The molecule has 154 valence electrons. The summed E-state index contributed by atoms with van der Waals surface area (Å²) >= 11 is 0. The zero-order chi connectivity index (χ0) is 19.5. The minimum Gasteiger partial charge on any atom is -0.378 e. The second-order valence-electron chi connectivity index (χ2n) is 6.69. The van der Waals surface area contributed by atoms with E-state index in [-0.39, 0.29) is 30.1 Å². The van der Waals surface area contributed by atoms with Gasteiger partial charge in [-0.1, -0.05) is 42.5 Å². The summed E-state index contributed by atoms with van der Waals surface area (Å²) in [6.45, 7) is 4.37. The Morgan fingerprint density at radius 2 is 1.71 bits per heavy atom. The van der Waals surface area contributed by atoms with Crippen molar-refractivity contribution in [2.45, 2.75) is 26.0 Å². The minimum atomic E-state index is 0. The summed E-state index contributed by atoms with van der Waals surface area (Å²) < 4.78 is 5.90. The smallest absolute Gasteiger partial charge is 0.191 e. The van der Waals surface area contributed by atoms with Crippen molar-refractivity contribution >= 4 is 35.6 Å². The highest BCUT2D eigenvalue weighted by Crippen LogP contribution is 2.15. The first-order valence-corrected chi connectivity index (χ1v) is 9.47. The number of hydrogen-bond donors (Lipinski definition) is 2. The van der Waals surface area contributed by atoms with Crippen LogP contribution >= 0.6 is 24.0 Å². The van der Waals surface area contributed by atoms with Crippen molar-refractivity contribution in [2.24, 2.45) is 4.99 Å². The fourth-order valence-corrected chi connectivity index (χ4v) is 2.68. The van der Waals surface area contributed by atoms with E-state index in [1.165, 1.54) is 16.8 Å². The summed E-state index contributed by atoms with van der Waals surface area (Å²) in [6.07, 6.45) is 1.05. The maximum absolute atomic E-state index is 5.90. The van der Waals surface area contributed by atoms with Gasteiger partial charge in [-0.05, 0) is 36.6 Å². The van der Waals surface area contributed by atoms with Gasteiger partial charge in [-0.2, -0.15) is 0 Å². The summed E-state index contributed by atoms with van der Waals surface area (Å²) in [7, 11) is 5.88. The molecule has 0 bridgehead atoms. The second kappa shape index (κ2) is 13.4. The monoisotopic (exact) mass is 496 g/mol. The Kier molecular flexibility index (Phi) is 11.6. The molecule has 2 aromatic carbocycles. The highest BCUT2D eigenvalue weighted by molar-refractivity contribution is 14.0. The standard InChI is InChI=1S/C22H32N4O.HI/c1-18(20-9-6-5-7-10-20)27-16-8-15-24-22(23-2)25-17-19-11-13-21(14-12-19)26(3)4;/h5-7,9-14,18H,8,15-17H2,1-4H3,(H2,23,24,25);1H. The summed E-state index contributed by atoms with van der Waals surface area (Å²) in [5.74, 6) is 0.808. The molecule has 0 aliphatic heterocycles. The number of nitrogens with one attached hydrogen (secondary N) is 2. The van der Waals surface area contributed by atoms with Crippen LogP contribution in [0.15, 0.2) is 59.6 Å². The number of benzene rings is 2. The minimum absolute atomic E-state index is 0. The lowest BCUT2D eigenvalue weighted by atomic mass is 10.1. The molecule has 0 fully saturated rings. The van der Waals surface area contributed by atoms with E-state index in [0.29, 0.717) is 6.61 Å². The Balaban J connectivity index is 0.00000392. The number of guanidine groups is 1. The molecule has 0 aliphatic carbocycles. The van der Waals surface area contributed by atoms with Gasteiger partial charge in [0, 0.05) is 46.5 Å². The predicted molar refractivity (Wildman–Crippen MR) is 130 cm³/mol. The largest absolute Gasteiger partial charge is 0.378 e. The van der Waals surface area contributed by atoms with Gasteiger partial charge in [0.15, 0.2) is 5.96 Å². The van der Waals surface area contributed by atoms with Crippen LogP contribution in [0.2, 0.25) is 0 Å². The van der Waals surface area contributed by atoms with Crippen molar-refractivity contribution in [3.63, 3.8) is 0 Å². The third-order valence-electron chi connectivity index (χ3n) is 4.39. The number of hydrogen-bond acceptors (Lipinski definition) is 3. The normalized spacial score (nSPS) is 12.1. The zero-order valence-electron chi connectivity index (χ0n) is 17.3. The number of ether oxygens (including phenoxy) is 1. The van der Waals surface area contributed by atoms with E-state index in [0.717, 1.165) is 25.5 Å². The fraction of sp³-hybridized carbons (Fsp3) is 0.409. The van der Waals surface area contributed by atoms with Gasteiger partial charge in [-0.25, -0.2) is 0 Å². The Morgan fingerprint density at radius 1 is 1.04 bits per heavy atom. The predicted octanol–water partition coefficient (Wildman–Crippen LogP) is 4.20. The third-order valence-corrected chi connectivity index (χ3v) is 4.39. The lowest BCUT2D eigenvalue weighted by molar-refractivity contribution is 0.0646. The molecule has 0 amide bonds. The number of nitrogens with zero attached hydrogens (tertiary/aromatic N) is 2. The molecule has 2 N–H and O–H groups in total. The van der Waals surface area contributed by atoms with Gasteiger partial charge in [-0.3, -0.25) is 4.99 Å². The number of halogens is 1. The van der Waals surface area contributed by atoms with Gasteiger partial charge >= 0.3 is 0 Å². The van der Waals surface area contributed by atoms with Crippen LogP contribution in [0.5, 0.6) is 0 Å². The van der Waals surface area contributed by atoms with Gasteiger partial charge in [-0.15, -0.1) is 24.0 Å². The van der Waals surface area contributed by atoms with E-state index in [9.17, 15) is 0 Å². The van der Waals surface area contributed by atoms with Gasteiger partial charge in [0.1, 0.15) is 0 Å². The SMILES string of the molecule is CN=C(NCCCOC(C)c1ccccc1)NCc1ccc(N(C)C)cc1.I. The lowest BCUT2D eigenvalue weighted by Crippen LogP contribution is -2.37. The van der Waals surface area contributed by atoms with Gasteiger partial charge in [0.2, 0.25) is 0 Å². The van der Waals surface area contributed by atoms with Crippen molar-refractivity contribution in [2.75, 3.05) is 39.2 Å². The van der Waals surface area contributed by atoms with Crippen molar-refractivity contribution < 1.29 is 4.74 Å². The fourth-order valence-electron chi connectivity index (χ4n) is 2.68. The van der Waals surface area contributed by atoms with Gasteiger partial charge in [0.25, 0.3) is 0 Å². The van der Waals surface area contributed by atoms with E-state index in [1.807, 2.05) is 32.3 Å². The summed E-state index contributed by atoms with van der Waals surface area (Å²) in [6, 6.07) is 18.8. The summed E-state index contributed by atoms with van der Waals surface area (Å²) in [5.41, 5.74) is 3.64. The lowest BCUT2D eigenvalue weighted by Gasteiger charge is -2.15. The average Bonchev–Trinajstić information content (AvgIpc) is 2.70. The van der Waals surface area contributed by atoms with E-state index >= 15 is 0 Å². The van der Waals surface area contributed by atoms with E-state index in [4.69, 9.17) is 4.74 Å². The Labute approximate surface area is 186 Å². The molecule has 0 spiro atoms. The molecule has 0 saturated carbocycles. The highest BCUT2D eigenvalue weighted by atomic mass is 127. The molecule has 28 heavy (non-hydrogen) atoms. The van der Waals surface area contributed by atoms with Crippen molar-refractivity contribution in [1.82, 2.24) is 10.6 Å². The molecular formula is C22H33IN4O. The molecule has 5 nitrogen and oxygen atoms in total. The van der Waals surface area contributed by atoms with Crippen molar-refractivity contribution in [3.05, 3.63) is 65.7 Å². The Morgan fingerprint density at radius 3 is 2.32 bits per heavy atom. The van der Waals surface area contributed by atoms with Crippen molar-refractivity contribution in [1.29, 1.82) is 0 Å². The van der Waals surface area contributed by atoms with E-state index in [2.05, 4.69) is 63.8 Å². The van der Waals surface area contributed by atoms with Gasteiger partial charge < -0.3 is 20.3 Å². The molecule has 6 heteroatoms. The topological polar surface area (TPSA) is 48.9 Å². The highest BCUT2D eigenvalue weighted by Gasteiger charge is 2.04. The van der Waals surface area contributed by atoms with Crippen LogP contribution < -0.4 is 15.5 Å². The first-order valence-electron chi connectivity index (χ1n) is 9.47. The molecule has 0 saturated heterocycles. The molecule has 0 aromatic heterocycles. The number of aliphatic imine (C=N–C) groups is 1. The molecule has 2 rings (SSSR count). The number of rotatable bonds is 9. The van der Waals surface area contributed by atoms with Crippen LogP contribution in [-0.4, -0.2) is 40.3 Å². The molecule has 2 aromatic rings.